The van der Waals surface area contributed by atoms with Crippen LogP contribution in [0.1, 0.15) is 18.0 Å². The van der Waals surface area contributed by atoms with Crippen molar-refractivity contribution in [3.8, 4) is 11.5 Å². The number of hydrogen-bond acceptors (Lipinski definition) is 4. The molecule has 0 spiro atoms. The van der Waals surface area contributed by atoms with E-state index in [1.165, 1.54) is 7.11 Å². The second-order valence-electron chi connectivity index (χ2n) is 3.32. The monoisotopic (exact) mass is 245 g/mol. The molecule has 0 unspecified atom stereocenters. The Balaban J connectivity index is 3.13. The average molecular weight is 246 g/mol. The highest BCUT2D eigenvalue weighted by atomic mass is 35.5. The van der Waals surface area contributed by atoms with E-state index in [9.17, 15) is 0 Å². The van der Waals surface area contributed by atoms with Gasteiger partial charge in [0.05, 0.1) is 19.2 Å². The van der Waals surface area contributed by atoms with Crippen molar-refractivity contribution in [1.82, 2.24) is 0 Å². The molecule has 1 atom stereocenters. The lowest BCUT2D eigenvalue weighted by Gasteiger charge is -2.16. The second-order valence-corrected chi connectivity index (χ2v) is 3.70. The molecule has 3 N–H and O–H groups in total. The molecule has 0 heterocycles. The zero-order valence-electron chi connectivity index (χ0n) is 9.37. The lowest BCUT2D eigenvalue weighted by atomic mass is 10.0. The lowest BCUT2D eigenvalue weighted by Crippen LogP contribution is -2.13. The summed E-state index contributed by atoms with van der Waals surface area (Å²) in [6.07, 6.45) is 0.454. The van der Waals surface area contributed by atoms with Crippen LogP contribution in [0.5, 0.6) is 11.5 Å². The Hall–Kier alpha value is -0.970. The number of nitrogens with two attached hydrogens (primary N) is 1. The molecule has 0 aliphatic rings. The van der Waals surface area contributed by atoms with Crippen LogP contribution in [0, 0.1) is 0 Å². The Bertz CT molecular complexity index is 357. The molecule has 0 saturated heterocycles. The third kappa shape index (κ3) is 2.58. The predicted molar refractivity (Wildman–Crippen MR) is 63.2 cm³/mol. The average Bonchev–Trinajstić information content (AvgIpc) is 2.28. The summed E-state index contributed by atoms with van der Waals surface area (Å²) in [4.78, 5) is 0. The molecule has 1 aromatic rings. The number of hydrogen-bond donors (Lipinski definition) is 2. The predicted octanol–water partition coefficient (Wildman–Crippen LogP) is 1.74. The standard InChI is InChI=1S/C11H16ClNO3/c1-15-9-4-3-7(8(13)5-6-14)10(12)11(9)16-2/h3-4,8,14H,5-6,13H2,1-2H3/t8-/m0/s1. The highest BCUT2D eigenvalue weighted by molar-refractivity contribution is 6.33. The van der Waals surface area contributed by atoms with Crippen LogP contribution < -0.4 is 15.2 Å². The molecule has 0 aliphatic carbocycles. The summed E-state index contributed by atoms with van der Waals surface area (Å²) in [6, 6.07) is 3.22. The quantitative estimate of drug-likeness (QED) is 0.829. The minimum absolute atomic E-state index is 0.0197. The number of aliphatic hydroxyl groups excluding tert-OH is 1. The van der Waals surface area contributed by atoms with E-state index in [0.717, 1.165) is 5.56 Å². The van der Waals surface area contributed by atoms with Crippen molar-refractivity contribution in [2.45, 2.75) is 12.5 Å². The summed E-state index contributed by atoms with van der Waals surface area (Å²) < 4.78 is 10.3. The van der Waals surface area contributed by atoms with E-state index >= 15 is 0 Å². The minimum Gasteiger partial charge on any atom is -0.493 e. The summed E-state index contributed by atoms with van der Waals surface area (Å²) in [5.41, 5.74) is 6.62. The number of rotatable bonds is 5. The largest absolute Gasteiger partial charge is 0.493 e. The molecule has 1 rings (SSSR count). The van der Waals surface area contributed by atoms with E-state index in [0.29, 0.717) is 22.9 Å². The zero-order valence-corrected chi connectivity index (χ0v) is 10.1. The molecule has 0 fully saturated rings. The number of aliphatic hydroxyl groups is 1. The van der Waals surface area contributed by atoms with Crippen LogP contribution in [-0.4, -0.2) is 25.9 Å². The molecular weight excluding hydrogens is 230 g/mol. The molecule has 90 valence electrons. The maximum atomic E-state index is 8.84. The van der Waals surface area contributed by atoms with Crippen molar-refractivity contribution in [3.05, 3.63) is 22.7 Å². The van der Waals surface area contributed by atoms with Gasteiger partial charge in [-0.05, 0) is 18.1 Å². The molecule has 0 radical (unpaired) electrons. The van der Waals surface area contributed by atoms with E-state index in [4.69, 9.17) is 31.9 Å². The van der Waals surface area contributed by atoms with Crippen molar-refractivity contribution in [2.24, 2.45) is 5.73 Å². The van der Waals surface area contributed by atoms with Gasteiger partial charge in [-0.3, -0.25) is 0 Å². The SMILES string of the molecule is COc1ccc([C@@H](N)CCO)c(Cl)c1OC. The molecular formula is C11H16ClNO3. The summed E-state index contributed by atoms with van der Waals surface area (Å²) in [5.74, 6) is 1.03. The van der Waals surface area contributed by atoms with Crippen LogP contribution in [0.3, 0.4) is 0 Å². The summed E-state index contributed by atoms with van der Waals surface area (Å²) in [7, 11) is 3.06. The van der Waals surface area contributed by atoms with Gasteiger partial charge < -0.3 is 20.3 Å². The van der Waals surface area contributed by atoms with Gasteiger partial charge in [0.1, 0.15) is 0 Å². The van der Waals surface area contributed by atoms with Crippen LogP contribution in [0.2, 0.25) is 5.02 Å². The van der Waals surface area contributed by atoms with E-state index in [1.54, 1.807) is 19.2 Å². The maximum absolute atomic E-state index is 8.84. The van der Waals surface area contributed by atoms with Gasteiger partial charge in [-0.1, -0.05) is 17.7 Å². The van der Waals surface area contributed by atoms with Crippen molar-refractivity contribution in [3.63, 3.8) is 0 Å². The van der Waals surface area contributed by atoms with Crippen molar-refractivity contribution < 1.29 is 14.6 Å². The first kappa shape index (κ1) is 13.1. The van der Waals surface area contributed by atoms with Crippen molar-refractivity contribution in [1.29, 1.82) is 0 Å². The fourth-order valence-corrected chi connectivity index (χ4v) is 1.86. The zero-order chi connectivity index (χ0) is 12.1. The summed E-state index contributed by atoms with van der Waals surface area (Å²) in [5, 5.41) is 9.27. The molecule has 0 aromatic heterocycles. The summed E-state index contributed by atoms with van der Waals surface area (Å²) in [6.45, 7) is 0.0197. The Morgan fingerprint density at radius 3 is 2.56 bits per heavy atom. The molecule has 0 aliphatic heterocycles. The van der Waals surface area contributed by atoms with Gasteiger partial charge in [-0.2, -0.15) is 0 Å². The highest BCUT2D eigenvalue weighted by Crippen LogP contribution is 2.39. The maximum Gasteiger partial charge on any atom is 0.179 e. The topological polar surface area (TPSA) is 64.7 Å². The Morgan fingerprint density at radius 1 is 1.38 bits per heavy atom. The van der Waals surface area contributed by atoms with Crippen LogP contribution in [0.4, 0.5) is 0 Å². The minimum atomic E-state index is -0.308. The second kappa shape index (κ2) is 5.94. The number of halogens is 1. The third-order valence-corrected chi connectivity index (χ3v) is 2.74. The van der Waals surface area contributed by atoms with Gasteiger partial charge in [0, 0.05) is 12.6 Å². The molecule has 0 amide bonds. The van der Waals surface area contributed by atoms with Gasteiger partial charge in [-0.15, -0.1) is 0 Å². The number of benzene rings is 1. The molecule has 4 nitrogen and oxygen atoms in total. The van der Waals surface area contributed by atoms with E-state index in [1.807, 2.05) is 0 Å². The molecule has 0 saturated carbocycles. The van der Waals surface area contributed by atoms with Gasteiger partial charge in [0.15, 0.2) is 11.5 Å². The Labute approximate surface area is 99.9 Å². The van der Waals surface area contributed by atoms with Gasteiger partial charge in [-0.25, -0.2) is 0 Å². The smallest absolute Gasteiger partial charge is 0.179 e. The Morgan fingerprint density at radius 2 is 2.06 bits per heavy atom. The molecule has 16 heavy (non-hydrogen) atoms. The van der Waals surface area contributed by atoms with E-state index in [2.05, 4.69) is 0 Å². The summed E-state index contributed by atoms with van der Waals surface area (Å²) >= 11 is 6.16. The van der Waals surface area contributed by atoms with Crippen LogP contribution in [0.15, 0.2) is 12.1 Å². The van der Waals surface area contributed by atoms with Gasteiger partial charge in [0.2, 0.25) is 0 Å². The fourth-order valence-electron chi connectivity index (χ4n) is 1.49. The van der Waals surface area contributed by atoms with Crippen molar-refractivity contribution >= 4 is 11.6 Å². The molecule has 1 aromatic carbocycles. The normalized spacial score (nSPS) is 12.3. The molecule has 0 bridgehead atoms. The Kier molecular flexibility index (Phi) is 4.86. The third-order valence-electron chi connectivity index (χ3n) is 2.35. The van der Waals surface area contributed by atoms with Gasteiger partial charge >= 0.3 is 0 Å². The highest BCUT2D eigenvalue weighted by Gasteiger charge is 2.17. The van der Waals surface area contributed by atoms with Gasteiger partial charge in [0.25, 0.3) is 0 Å². The van der Waals surface area contributed by atoms with Crippen molar-refractivity contribution in [2.75, 3.05) is 20.8 Å². The fraction of sp³-hybridized carbons (Fsp3) is 0.455. The number of ether oxygens (including phenoxy) is 2. The van der Waals surface area contributed by atoms with Crippen LogP contribution in [0.25, 0.3) is 0 Å². The molecule has 5 heteroatoms. The van der Waals surface area contributed by atoms with E-state index in [-0.39, 0.29) is 12.6 Å². The van der Waals surface area contributed by atoms with Crippen LogP contribution in [-0.2, 0) is 0 Å². The number of methoxy groups -OCH3 is 2. The first-order valence-electron chi connectivity index (χ1n) is 4.92. The van der Waals surface area contributed by atoms with Crippen LogP contribution >= 0.6 is 11.6 Å². The lowest BCUT2D eigenvalue weighted by molar-refractivity contribution is 0.276. The first-order valence-corrected chi connectivity index (χ1v) is 5.30. The van der Waals surface area contributed by atoms with E-state index < -0.39 is 0 Å². The first-order chi connectivity index (χ1) is 7.65.